The molecule has 5 heteroatoms. The molecule has 0 aliphatic heterocycles. The average molecular weight is 614 g/mol. The zero-order chi connectivity index (χ0) is 31.2. The minimum absolute atomic E-state index is 0.661. The molecule has 0 amide bonds. The Hall–Kier alpha value is -5.70. The topological polar surface area (TPSA) is 36.4 Å². The Bertz CT molecular complexity index is 1840. The summed E-state index contributed by atoms with van der Waals surface area (Å²) < 4.78 is 15.8. The van der Waals surface area contributed by atoms with Gasteiger partial charge in [-0.25, -0.2) is 4.98 Å². The highest BCUT2D eigenvalue weighted by molar-refractivity contribution is 7.85. The predicted molar refractivity (Wildman–Crippen MR) is 193 cm³/mol. The minimum atomic E-state index is -3.37. The third-order valence-corrected chi connectivity index (χ3v) is 10.9. The maximum Gasteiger partial charge on any atom is 0.171 e. The summed E-state index contributed by atoms with van der Waals surface area (Å²) in [6.07, 6.45) is 0. The van der Waals surface area contributed by atoms with Crippen molar-refractivity contribution in [3.63, 3.8) is 0 Å². The van der Waals surface area contributed by atoms with E-state index in [1.807, 2.05) is 146 Å². The van der Waals surface area contributed by atoms with E-state index in [0.717, 1.165) is 33.4 Å². The van der Waals surface area contributed by atoms with Crippen molar-refractivity contribution >= 4 is 57.4 Å². The van der Waals surface area contributed by atoms with E-state index in [1.165, 1.54) is 0 Å². The largest absolute Gasteiger partial charge is 0.309 e. The van der Waals surface area contributed by atoms with Crippen LogP contribution in [0.5, 0.6) is 0 Å². The summed E-state index contributed by atoms with van der Waals surface area (Å²) in [5.74, 6) is 1.32. The Balaban J connectivity index is 1.56. The Morgan fingerprint density at radius 2 is 0.609 bits per heavy atom. The van der Waals surface area contributed by atoms with Crippen molar-refractivity contribution < 1.29 is 4.57 Å². The molecular formula is C41H32N3OP. The van der Waals surface area contributed by atoms with Crippen LogP contribution in [0.2, 0.25) is 0 Å². The van der Waals surface area contributed by atoms with Gasteiger partial charge in [0.1, 0.15) is 11.6 Å². The van der Waals surface area contributed by atoms with Gasteiger partial charge in [-0.1, -0.05) is 133 Å². The van der Waals surface area contributed by atoms with E-state index in [-0.39, 0.29) is 0 Å². The Morgan fingerprint density at radius 1 is 0.348 bits per heavy atom. The SMILES string of the molecule is O=P(c1ccccc1)(c1ccccc1)c1cc(N(c2ccccc2)c2ccccc2)nc(N(c2ccccc2)c2ccccc2)c1. The maximum absolute atomic E-state index is 15.8. The molecule has 0 aliphatic rings. The van der Waals surface area contributed by atoms with Crippen LogP contribution in [0.25, 0.3) is 0 Å². The van der Waals surface area contributed by atoms with Crippen molar-refractivity contribution in [2.75, 3.05) is 9.80 Å². The van der Waals surface area contributed by atoms with Gasteiger partial charge in [0.2, 0.25) is 0 Å². The number of nitrogens with zero attached hydrogens (tertiary/aromatic N) is 3. The van der Waals surface area contributed by atoms with Gasteiger partial charge in [0.25, 0.3) is 0 Å². The van der Waals surface area contributed by atoms with Gasteiger partial charge in [-0.2, -0.15) is 0 Å². The molecular weight excluding hydrogens is 581 g/mol. The molecule has 4 nitrogen and oxygen atoms in total. The van der Waals surface area contributed by atoms with Gasteiger partial charge in [-0.3, -0.25) is 9.80 Å². The molecule has 0 unspecified atom stereocenters. The first-order chi connectivity index (χ1) is 22.7. The first-order valence-electron chi connectivity index (χ1n) is 15.3. The van der Waals surface area contributed by atoms with Gasteiger partial charge in [0.05, 0.1) is 0 Å². The fraction of sp³-hybridized carbons (Fsp3) is 0. The Kier molecular flexibility index (Phi) is 8.28. The fourth-order valence-electron chi connectivity index (χ4n) is 5.76. The molecule has 0 spiro atoms. The van der Waals surface area contributed by atoms with Crippen molar-refractivity contribution in [2.24, 2.45) is 0 Å². The smallest absolute Gasteiger partial charge is 0.171 e. The highest BCUT2D eigenvalue weighted by Crippen LogP contribution is 2.46. The van der Waals surface area contributed by atoms with Crippen LogP contribution in [0, 0.1) is 0 Å². The average Bonchev–Trinajstić information content (AvgIpc) is 3.14. The van der Waals surface area contributed by atoms with Crippen LogP contribution in [0.15, 0.2) is 194 Å². The molecule has 7 aromatic rings. The van der Waals surface area contributed by atoms with E-state index in [1.54, 1.807) is 0 Å². The number of hydrogen-bond donors (Lipinski definition) is 0. The van der Waals surface area contributed by atoms with Crippen LogP contribution in [-0.2, 0) is 4.57 Å². The number of benzene rings is 6. The third kappa shape index (κ3) is 5.75. The molecule has 0 saturated heterocycles. The number of para-hydroxylation sites is 4. The van der Waals surface area contributed by atoms with Crippen molar-refractivity contribution in [1.29, 1.82) is 0 Å². The number of hydrogen-bond acceptors (Lipinski definition) is 4. The van der Waals surface area contributed by atoms with Crippen molar-refractivity contribution in [3.8, 4) is 0 Å². The summed E-state index contributed by atoms with van der Waals surface area (Å²) in [5, 5.41) is 2.22. The Labute approximate surface area is 270 Å². The summed E-state index contributed by atoms with van der Waals surface area (Å²) in [6, 6.07) is 64.4. The molecule has 0 aliphatic carbocycles. The van der Waals surface area contributed by atoms with E-state index >= 15 is 4.57 Å². The van der Waals surface area contributed by atoms with Gasteiger partial charge >= 0.3 is 0 Å². The number of aromatic nitrogens is 1. The molecule has 1 heterocycles. The summed E-state index contributed by atoms with van der Waals surface area (Å²) in [7, 11) is -3.37. The van der Waals surface area contributed by atoms with Crippen LogP contribution in [0.1, 0.15) is 0 Å². The number of rotatable bonds is 9. The van der Waals surface area contributed by atoms with Gasteiger partial charge in [0, 0.05) is 38.7 Å². The summed E-state index contributed by atoms with van der Waals surface area (Å²) in [5.41, 5.74) is 3.79. The van der Waals surface area contributed by atoms with E-state index in [2.05, 4.69) is 58.3 Å². The van der Waals surface area contributed by atoms with Crippen LogP contribution < -0.4 is 25.7 Å². The zero-order valence-electron chi connectivity index (χ0n) is 25.2. The standard InChI is InChI=1S/C41H32N3OP/c45-46(37-27-15-5-16-28-37,38-29-17-6-18-30-38)39-31-40(43(33-19-7-1-8-20-33)34-21-9-2-10-22-34)42-41(32-39)44(35-23-11-3-12-24-35)36-25-13-4-14-26-36/h1-32H. The molecule has 222 valence electrons. The summed E-state index contributed by atoms with van der Waals surface area (Å²) in [6.45, 7) is 0. The molecule has 0 bridgehead atoms. The van der Waals surface area contributed by atoms with Gasteiger partial charge < -0.3 is 4.57 Å². The molecule has 6 aromatic carbocycles. The highest BCUT2D eigenvalue weighted by Gasteiger charge is 2.32. The minimum Gasteiger partial charge on any atom is -0.309 e. The van der Waals surface area contributed by atoms with Crippen LogP contribution in [0.4, 0.5) is 34.4 Å². The lowest BCUT2D eigenvalue weighted by atomic mass is 10.2. The molecule has 0 N–H and O–H groups in total. The normalized spacial score (nSPS) is 11.1. The molecule has 7 rings (SSSR count). The predicted octanol–water partition coefficient (Wildman–Crippen LogP) is 9.66. The van der Waals surface area contributed by atoms with Gasteiger partial charge in [-0.05, 0) is 60.7 Å². The van der Waals surface area contributed by atoms with Crippen molar-refractivity contribution in [1.82, 2.24) is 4.98 Å². The lowest BCUT2D eigenvalue weighted by molar-refractivity contribution is 0.592. The van der Waals surface area contributed by atoms with Gasteiger partial charge in [-0.15, -0.1) is 0 Å². The van der Waals surface area contributed by atoms with Gasteiger partial charge in [0.15, 0.2) is 7.14 Å². The Morgan fingerprint density at radius 3 is 0.891 bits per heavy atom. The third-order valence-electron chi connectivity index (χ3n) is 7.90. The zero-order valence-corrected chi connectivity index (χ0v) is 26.1. The number of anilines is 6. The summed E-state index contributed by atoms with van der Waals surface area (Å²) in [4.78, 5) is 9.62. The number of pyridine rings is 1. The lowest BCUT2D eigenvalue weighted by Gasteiger charge is -2.30. The second kappa shape index (κ2) is 13.1. The van der Waals surface area contributed by atoms with Crippen LogP contribution in [-0.4, -0.2) is 4.98 Å². The first-order valence-corrected chi connectivity index (χ1v) is 17.0. The van der Waals surface area contributed by atoms with E-state index in [4.69, 9.17) is 4.98 Å². The second-order valence-electron chi connectivity index (χ2n) is 10.8. The highest BCUT2D eigenvalue weighted by atomic mass is 31.2. The van der Waals surface area contributed by atoms with Crippen LogP contribution in [0.3, 0.4) is 0 Å². The van der Waals surface area contributed by atoms with E-state index < -0.39 is 7.14 Å². The molecule has 0 radical (unpaired) electrons. The van der Waals surface area contributed by atoms with Crippen molar-refractivity contribution in [2.45, 2.75) is 0 Å². The van der Waals surface area contributed by atoms with E-state index in [9.17, 15) is 0 Å². The molecule has 0 fully saturated rings. The molecule has 1 aromatic heterocycles. The molecule has 0 saturated carbocycles. The summed E-state index contributed by atoms with van der Waals surface area (Å²) >= 11 is 0. The monoisotopic (exact) mass is 613 g/mol. The quantitative estimate of drug-likeness (QED) is 0.152. The molecule has 0 atom stereocenters. The first kappa shape index (κ1) is 29.0. The van der Waals surface area contributed by atoms with Crippen LogP contribution >= 0.6 is 7.14 Å². The lowest BCUT2D eigenvalue weighted by Crippen LogP contribution is -2.27. The van der Waals surface area contributed by atoms with E-state index in [0.29, 0.717) is 16.9 Å². The maximum atomic E-state index is 15.8. The van der Waals surface area contributed by atoms with Crippen molar-refractivity contribution in [3.05, 3.63) is 194 Å². The molecule has 46 heavy (non-hydrogen) atoms. The second-order valence-corrected chi connectivity index (χ2v) is 13.6. The fourth-order valence-corrected chi connectivity index (χ4v) is 8.43.